The Bertz CT molecular complexity index is 1200. The van der Waals surface area contributed by atoms with Crippen LogP contribution in [0.4, 0.5) is 14.5 Å². The Labute approximate surface area is 159 Å². The number of hydrogen-bond donors (Lipinski definition) is 1. The molecule has 0 aliphatic heterocycles. The molecule has 0 saturated heterocycles. The van der Waals surface area contributed by atoms with Crippen molar-refractivity contribution in [3.05, 3.63) is 69.4 Å². The van der Waals surface area contributed by atoms with Crippen LogP contribution < -0.4 is 10.9 Å². The van der Waals surface area contributed by atoms with Gasteiger partial charge in [-0.25, -0.2) is 13.8 Å². The van der Waals surface area contributed by atoms with E-state index in [0.717, 1.165) is 22.6 Å². The molecule has 0 bridgehead atoms. The van der Waals surface area contributed by atoms with Crippen molar-refractivity contribution in [2.45, 2.75) is 6.54 Å². The lowest BCUT2D eigenvalue weighted by Gasteiger charge is -2.08. The number of nitrogens with one attached hydrogen (secondary N) is 1. The summed E-state index contributed by atoms with van der Waals surface area (Å²) in [4.78, 5) is 30.8. The van der Waals surface area contributed by atoms with Crippen LogP contribution in [0.5, 0.6) is 0 Å². The van der Waals surface area contributed by atoms with Crippen LogP contribution in [0, 0.1) is 11.6 Å². The molecular formula is C18H11F2N3O2S2. The van der Waals surface area contributed by atoms with Crippen molar-refractivity contribution in [2.24, 2.45) is 0 Å². The molecule has 0 aliphatic rings. The van der Waals surface area contributed by atoms with Crippen molar-refractivity contribution < 1.29 is 13.6 Å². The number of fused-ring (bicyclic) bond motifs is 1. The van der Waals surface area contributed by atoms with E-state index < -0.39 is 17.5 Å². The van der Waals surface area contributed by atoms with E-state index in [9.17, 15) is 18.4 Å². The summed E-state index contributed by atoms with van der Waals surface area (Å²) in [6.07, 6.45) is 1.29. The fraction of sp³-hybridized carbons (Fsp3) is 0.0556. The predicted molar refractivity (Wildman–Crippen MR) is 102 cm³/mol. The smallest absolute Gasteiger partial charge is 0.263 e. The van der Waals surface area contributed by atoms with Gasteiger partial charge in [-0.2, -0.15) is 0 Å². The summed E-state index contributed by atoms with van der Waals surface area (Å²) < 4.78 is 27.8. The summed E-state index contributed by atoms with van der Waals surface area (Å²) in [7, 11) is 0. The third-order valence-corrected chi connectivity index (χ3v) is 5.66. The van der Waals surface area contributed by atoms with Gasteiger partial charge < -0.3 is 5.32 Å². The molecule has 1 aromatic carbocycles. The molecule has 3 aromatic heterocycles. The minimum atomic E-state index is -0.887. The highest BCUT2D eigenvalue weighted by Gasteiger charge is 2.16. The maximum Gasteiger partial charge on any atom is 0.263 e. The van der Waals surface area contributed by atoms with Crippen molar-refractivity contribution >= 4 is 44.5 Å². The number of thiophene rings is 2. The number of carbonyl (C=O) groups is 1. The third kappa shape index (κ3) is 3.38. The van der Waals surface area contributed by atoms with E-state index in [4.69, 9.17) is 0 Å². The molecule has 0 atom stereocenters. The standard InChI is InChI=1S/C18H11F2N3O2S2/c19-10-3-4-13(12(20)6-10)22-15(24)7-23-9-21-17-16(18(23)25)11(8-27-17)14-2-1-5-26-14/h1-6,8-9H,7H2,(H,22,24). The molecule has 0 radical (unpaired) electrons. The second-order valence-corrected chi connectivity index (χ2v) is 7.46. The van der Waals surface area contributed by atoms with Crippen molar-refractivity contribution in [1.82, 2.24) is 9.55 Å². The quantitative estimate of drug-likeness (QED) is 0.558. The normalized spacial score (nSPS) is 11.0. The number of hydrogen-bond acceptors (Lipinski definition) is 5. The number of aromatic nitrogens is 2. The Balaban J connectivity index is 1.64. The van der Waals surface area contributed by atoms with Crippen LogP contribution in [0.3, 0.4) is 0 Å². The lowest BCUT2D eigenvalue weighted by atomic mass is 10.2. The van der Waals surface area contributed by atoms with Crippen LogP contribution in [-0.2, 0) is 11.3 Å². The minimum Gasteiger partial charge on any atom is -0.322 e. The van der Waals surface area contributed by atoms with Crippen LogP contribution in [-0.4, -0.2) is 15.5 Å². The van der Waals surface area contributed by atoms with Gasteiger partial charge in [-0.15, -0.1) is 22.7 Å². The van der Waals surface area contributed by atoms with E-state index in [1.165, 1.54) is 33.6 Å². The van der Waals surface area contributed by atoms with Gasteiger partial charge in [-0.05, 0) is 23.6 Å². The topological polar surface area (TPSA) is 64.0 Å². The zero-order chi connectivity index (χ0) is 19.0. The van der Waals surface area contributed by atoms with Crippen molar-refractivity contribution in [3.63, 3.8) is 0 Å². The van der Waals surface area contributed by atoms with Gasteiger partial charge in [0.15, 0.2) is 0 Å². The first kappa shape index (κ1) is 17.5. The fourth-order valence-corrected chi connectivity index (χ4v) is 4.35. The van der Waals surface area contributed by atoms with Gasteiger partial charge in [-0.1, -0.05) is 6.07 Å². The lowest BCUT2D eigenvalue weighted by molar-refractivity contribution is -0.116. The number of anilines is 1. The molecule has 5 nitrogen and oxygen atoms in total. The van der Waals surface area contributed by atoms with Crippen molar-refractivity contribution in [1.29, 1.82) is 0 Å². The van der Waals surface area contributed by atoms with Gasteiger partial charge >= 0.3 is 0 Å². The third-order valence-electron chi connectivity index (χ3n) is 3.87. The van der Waals surface area contributed by atoms with Crippen molar-refractivity contribution in [3.8, 4) is 10.4 Å². The van der Waals surface area contributed by atoms with Crippen LogP contribution in [0.25, 0.3) is 20.7 Å². The van der Waals surface area contributed by atoms with E-state index in [2.05, 4.69) is 10.3 Å². The molecule has 4 aromatic rings. The summed E-state index contributed by atoms with van der Waals surface area (Å²) >= 11 is 2.86. The molecule has 0 unspecified atom stereocenters. The second-order valence-electron chi connectivity index (χ2n) is 5.66. The van der Waals surface area contributed by atoms with E-state index >= 15 is 0 Å². The van der Waals surface area contributed by atoms with Gasteiger partial charge in [0, 0.05) is 21.9 Å². The van der Waals surface area contributed by atoms with E-state index in [1.807, 2.05) is 22.9 Å². The zero-order valence-corrected chi connectivity index (χ0v) is 15.2. The van der Waals surface area contributed by atoms with E-state index in [0.29, 0.717) is 16.3 Å². The second kappa shape index (κ2) is 7.01. The average Bonchev–Trinajstić information content (AvgIpc) is 3.29. The highest BCUT2D eigenvalue weighted by atomic mass is 32.1. The van der Waals surface area contributed by atoms with Crippen molar-refractivity contribution in [2.75, 3.05) is 5.32 Å². The molecule has 1 N–H and O–H groups in total. The average molecular weight is 403 g/mol. The van der Waals surface area contributed by atoms with Crippen LogP contribution in [0.15, 0.2) is 52.2 Å². The highest BCUT2D eigenvalue weighted by molar-refractivity contribution is 7.18. The maximum atomic E-state index is 13.7. The van der Waals surface area contributed by atoms with Crippen LogP contribution >= 0.6 is 22.7 Å². The monoisotopic (exact) mass is 403 g/mol. The summed E-state index contributed by atoms with van der Waals surface area (Å²) in [5, 5.41) is 6.56. The summed E-state index contributed by atoms with van der Waals surface area (Å²) in [6, 6.07) is 6.64. The Kier molecular flexibility index (Phi) is 4.54. The summed E-state index contributed by atoms with van der Waals surface area (Å²) in [5.74, 6) is -2.24. The number of nitrogens with zero attached hydrogens (tertiary/aromatic N) is 2. The van der Waals surface area contributed by atoms with E-state index in [-0.39, 0.29) is 17.8 Å². The van der Waals surface area contributed by atoms with Gasteiger partial charge in [0.1, 0.15) is 23.0 Å². The number of carbonyl (C=O) groups excluding carboxylic acids is 1. The maximum absolute atomic E-state index is 13.7. The van der Waals surface area contributed by atoms with Crippen LogP contribution in [0.2, 0.25) is 0 Å². The van der Waals surface area contributed by atoms with E-state index in [1.54, 1.807) is 0 Å². The zero-order valence-electron chi connectivity index (χ0n) is 13.6. The minimum absolute atomic E-state index is 0.154. The molecule has 3 heterocycles. The molecule has 4 rings (SSSR count). The predicted octanol–water partition coefficient (Wildman–Crippen LogP) is 4.10. The Hall–Kier alpha value is -2.91. The summed E-state index contributed by atoms with van der Waals surface area (Å²) in [5.41, 5.74) is 0.277. The summed E-state index contributed by atoms with van der Waals surface area (Å²) in [6.45, 7) is -0.335. The molecule has 0 fully saturated rings. The number of rotatable bonds is 4. The number of amides is 1. The molecule has 0 aliphatic carbocycles. The number of halogens is 2. The first-order valence-electron chi connectivity index (χ1n) is 7.78. The molecule has 9 heteroatoms. The van der Waals surface area contributed by atoms with Gasteiger partial charge in [0.25, 0.3) is 5.56 Å². The van der Waals surface area contributed by atoms with Gasteiger partial charge in [-0.3, -0.25) is 14.2 Å². The van der Waals surface area contributed by atoms with Gasteiger partial charge in [0.2, 0.25) is 5.91 Å². The first-order chi connectivity index (χ1) is 13.0. The fourth-order valence-electron chi connectivity index (χ4n) is 2.63. The highest BCUT2D eigenvalue weighted by Crippen LogP contribution is 2.33. The SMILES string of the molecule is O=C(Cn1cnc2scc(-c3cccs3)c2c1=O)Nc1ccc(F)cc1F. The number of benzene rings is 1. The van der Waals surface area contributed by atoms with Gasteiger partial charge in [0.05, 0.1) is 17.4 Å². The van der Waals surface area contributed by atoms with Crippen LogP contribution in [0.1, 0.15) is 0 Å². The Morgan fingerprint density at radius 1 is 1.22 bits per heavy atom. The molecule has 27 heavy (non-hydrogen) atoms. The molecule has 0 saturated carbocycles. The largest absolute Gasteiger partial charge is 0.322 e. The molecule has 1 amide bonds. The first-order valence-corrected chi connectivity index (χ1v) is 9.54. The molecular weight excluding hydrogens is 392 g/mol. The Morgan fingerprint density at radius 2 is 2.07 bits per heavy atom. The Morgan fingerprint density at radius 3 is 2.81 bits per heavy atom. The lowest BCUT2D eigenvalue weighted by Crippen LogP contribution is -2.28. The molecule has 136 valence electrons. The molecule has 0 spiro atoms.